The van der Waals surface area contributed by atoms with E-state index in [4.69, 9.17) is 9.47 Å². The number of nitrogens with one attached hydrogen (secondary N) is 1. The molecule has 5 nitrogen and oxygen atoms in total. The van der Waals surface area contributed by atoms with E-state index in [1.807, 2.05) is 24.3 Å². The van der Waals surface area contributed by atoms with E-state index < -0.39 is 12.2 Å². The van der Waals surface area contributed by atoms with Gasteiger partial charge in [0.15, 0.2) is 0 Å². The summed E-state index contributed by atoms with van der Waals surface area (Å²) in [4.78, 5) is 11.4. The van der Waals surface area contributed by atoms with Crippen molar-refractivity contribution in [1.82, 2.24) is 5.32 Å². The Labute approximate surface area is 118 Å². The Morgan fingerprint density at radius 2 is 2.10 bits per heavy atom. The minimum Gasteiger partial charge on any atom is -0.497 e. The molecule has 1 aliphatic rings. The lowest BCUT2D eigenvalue weighted by atomic mass is 10.0. The number of carbonyl (C=O) groups is 1. The molecule has 1 fully saturated rings. The number of rotatable bonds is 5. The van der Waals surface area contributed by atoms with Crippen LogP contribution in [0.3, 0.4) is 0 Å². The maximum Gasteiger partial charge on any atom is 0.305 e. The normalized spacial score (nSPS) is 25.4. The first-order chi connectivity index (χ1) is 9.63. The van der Waals surface area contributed by atoms with Crippen molar-refractivity contribution >= 4 is 5.97 Å². The summed E-state index contributed by atoms with van der Waals surface area (Å²) in [6.45, 7) is 2.19. The molecule has 20 heavy (non-hydrogen) atoms. The highest BCUT2D eigenvalue weighted by molar-refractivity contribution is 5.69. The minimum absolute atomic E-state index is 0.0612. The third-order valence-electron chi connectivity index (χ3n) is 3.54. The van der Waals surface area contributed by atoms with E-state index >= 15 is 0 Å². The van der Waals surface area contributed by atoms with Gasteiger partial charge in [-0.3, -0.25) is 4.79 Å². The van der Waals surface area contributed by atoms with Gasteiger partial charge in [0.2, 0.25) is 0 Å². The SMILES string of the molecule is CCC(=O)O[C@H]1[C@H](O)CN[C@H]1Cc1ccc(OC)cc1. The first-order valence-corrected chi connectivity index (χ1v) is 6.88. The molecule has 1 aromatic rings. The Morgan fingerprint density at radius 3 is 2.70 bits per heavy atom. The summed E-state index contributed by atoms with van der Waals surface area (Å²) < 4.78 is 10.4. The van der Waals surface area contributed by atoms with Crippen LogP contribution in [0.25, 0.3) is 0 Å². The van der Waals surface area contributed by atoms with E-state index in [9.17, 15) is 9.90 Å². The molecule has 110 valence electrons. The standard InChI is InChI=1S/C15H21NO4/c1-3-14(18)20-15-12(16-9-13(15)17)8-10-4-6-11(19-2)7-5-10/h4-7,12-13,15-17H,3,8-9H2,1-2H3/t12-,13+,15+/m0/s1. The Hall–Kier alpha value is -1.59. The first-order valence-electron chi connectivity index (χ1n) is 6.88. The maximum absolute atomic E-state index is 11.4. The van der Waals surface area contributed by atoms with E-state index in [0.29, 0.717) is 19.4 Å². The molecular weight excluding hydrogens is 258 g/mol. The molecule has 0 bridgehead atoms. The van der Waals surface area contributed by atoms with Crippen molar-refractivity contribution in [3.8, 4) is 5.75 Å². The number of carbonyl (C=O) groups excluding carboxylic acids is 1. The number of β-amino-alcohol motifs (C(OH)–C–C–N with tert-alkyl or cyclic N) is 1. The minimum atomic E-state index is -0.645. The third kappa shape index (κ3) is 3.49. The number of hydrogen-bond donors (Lipinski definition) is 2. The second-order valence-electron chi connectivity index (χ2n) is 4.94. The molecule has 2 rings (SSSR count). The summed E-state index contributed by atoms with van der Waals surface area (Å²) in [5, 5.41) is 13.1. The van der Waals surface area contributed by atoms with E-state index in [1.54, 1.807) is 14.0 Å². The molecule has 0 spiro atoms. The van der Waals surface area contributed by atoms with Gasteiger partial charge in [-0.25, -0.2) is 0 Å². The van der Waals surface area contributed by atoms with E-state index in [2.05, 4.69) is 5.32 Å². The molecule has 1 aliphatic heterocycles. The number of esters is 1. The molecule has 2 N–H and O–H groups in total. The molecule has 3 atom stereocenters. The van der Waals surface area contributed by atoms with Crippen molar-refractivity contribution in [1.29, 1.82) is 0 Å². The Balaban J connectivity index is 2.00. The fourth-order valence-corrected chi connectivity index (χ4v) is 2.37. The molecule has 0 unspecified atom stereocenters. The molecule has 1 aromatic carbocycles. The van der Waals surface area contributed by atoms with Crippen molar-refractivity contribution in [3.05, 3.63) is 29.8 Å². The molecule has 1 heterocycles. The van der Waals surface area contributed by atoms with Crippen LogP contribution in [0.15, 0.2) is 24.3 Å². The first kappa shape index (κ1) is 14.8. The Kier molecular flexibility index (Phi) is 4.98. The molecule has 5 heteroatoms. The topological polar surface area (TPSA) is 67.8 Å². The van der Waals surface area contributed by atoms with Crippen LogP contribution in [-0.2, 0) is 16.0 Å². The zero-order chi connectivity index (χ0) is 14.5. The van der Waals surface area contributed by atoms with Gasteiger partial charge in [0.05, 0.1) is 13.2 Å². The van der Waals surface area contributed by atoms with Crippen molar-refractivity contribution < 1.29 is 19.4 Å². The average Bonchev–Trinajstić information content (AvgIpc) is 2.81. The zero-order valence-electron chi connectivity index (χ0n) is 11.8. The largest absolute Gasteiger partial charge is 0.497 e. The number of ether oxygens (including phenoxy) is 2. The third-order valence-corrected chi connectivity index (χ3v) is 3.54. The monoisotopic (exact) mass is 279 g/mol. The second-order valence-corrected chi connectivity index (χ2v) is 4.94. The van der Waals surface area contributed by atoms with Crippen LogP contribution in [0, 0.1) is 0 Å². The number of benzene rings is 1. The van der Waals surface area contributed by atoms with E-state index in [-0.39, 0.29) is 12.0 Å². The van der Waals surface area contributed by atoms with Crippen LogP contribution in [-0.4, -0.2) is 43.0 Å². The van der Waals surface area contributed by atoms with Crippen molar-refractivity contribution in [2.24, 2.45) is 0 Å². The van der Waals surface area contributed by atoms with Gasteiger partial charge in [0, 0.05) is 13.0 Å². The number of hydrogen-bond acceptors (Lipinski definition) is 5. The number of methoxy groups -OCH3 is 1. The highest BCUT2D eigenvalue weighted by Crippen LogP contribution is 2.19. The molecular formula is C15H21NO4. The van der Waals surface area contributed by atoms with Crippen molar-refractivity contribution in [2.75, 3.05) is 13.7 Å². The highest BCUT2D eigenvalue weighted by atomic mass is 16.6. The maximum atomic E-state index is 11.4. The van der Waals surface area contributed by atoms with Gasteiger partial charge in [0.25, 0.3) is 0 Å². The summed E-state index contributed by atoms with van der Waals surface area (Å²) >= 11 is 0. The van der Waals surface area contributed by atoms with Gasteiger partial charge in [-0.1, -0.05) is 19.1 Å². The van der Waals surface area contributed by atoms with Gasteiger partial charge >= 0.3 is 5.97 Å². The molecule has 0 aliphatic carbocycles. The summed E-state index contributed by atoms with van der Waals surface area (Å²) in [5.41, 5.74) is 1.11. The summed E-state index contributed by atoms with van der Waals surface area (Å²) in [6.07, 6.45) is -0.112. The van der Waals surface area contributed by atoms with Gasteiger partial charge in [0.1, 0.15) is 18.0 Å². The van der Waals surface area contributed by atoms with Crippen molar-refractivity contribution in [3.63, 3.8) is 0 Å². The Bertz CT molecular complexity index is 446. The molecule has 0 amide bonds. The lowest BCUT2D eigenvalue weighted by Gasteiger charge is -2.21. The lowest BCUT2D eigenvalue weighted by Crippen LogP contribution is -2.38. The fourth-order valence-electron chi connectivity index (χ4n) is 2.37. The summed E-state index contributed by atoms with van der Waals surface area (Å²) in [6, 6.07) is 7.68. The summed E-state index contributed by atoms with van der Waals surface area (Å²) in [5.74, 6) is 0.527. The molecule has 0 radical (unpaired) electrons. The zero-order valence-corrected chi connectivity index (χ0v) is 11.8. The number of aliphatic hydroxyl groups is 1. The van der Waals surface area contributed by atoms with Crippen LogP contribution in [0.2, 0.25) is 0 Å². The Morgan fingerprint density at radius 1 is 1.40 bits per heavy atom. The van der Waals surface area contributed by atoms with Crippen molar-refractivity contribution in [2.45, 2.75) is 38.0 Å². The van der Waals surface area contributed by atoms with Gasteiger partial charge < -0.3 is 19.9 Å². The number of aliphatic hydroxyl groups excluding tert-OH is 1. The van der Waals surface area contributed by atoms with Gasteiger partial charge in [-0.2, -0.15) is 0 Å². The molecule has 0 saturated carbocycles. The summed E-state index contributed by atoms with van der Waals surface area (Å²) in [7, 11) is 1.63. The predicted octanol–water partition coefficient (Wildman–Crippen LogP) is 0.892. The quantitative estimate of drug-likeness (QED) is 0.784. The fraction of sp³-hybridized carbons (Fsp3) is 0.533. The van der Waals surface area contributed by atoms with E-state index in [0.717, 1.165) is 11.3 Å². The smallest absolute Gasteiger partial charge is 0.305 e. The van der Waals surface area contributed by atoms with Crippen LogP contribution < -0.4 is 10.1 Å². The van der Waals surface area contributed by atoms with E-state index in [1.165, 1.54) is 0 Å². The van der Waals surface area contributed by atoms with Gasteiger partial charge in [-0.15, -0.1) is 0 Å². The van der Waals surface area contributed by atoms with Crippen LogP contribution >= 0.6 is 0 Å². The van der Waals surface area contributed by atoms with Crippen LogP contribution in [0.1, 0.15) is 18.9 Å². The predicted molar refractivity (Wildman–Crippen MR) is 74.7 cm³/mol. The lowest BCUT2D eigenvalue weighted by molar-refractivity contribution is -0.153. The highest BCUT2D eigenvalue weighted by Gasteiger charge is 2.37. The second kappa shape index (κ2) is 6.72. The van der Waals surface area contributed by atoms with Gasteiger partial charge in [-0.05, 0) is 24.1 Å². The average molecular weight is 279 g/mol. The molecule has 0 aromatic heterocycles. The van der Waals surface area contributed by atoms with Crippen LogP contribution in [0.4, 0.5) is 0 Å². The van der Waals surface area contributed by atoms with Crippen LogP contribution in [0.5, 0.6) is 5.75 Å². The molecule has 1 saturated heterocycles.